The molecule has 0 bridgehead atoms. The third kappa shape index (κ3) is 3.06. The first-order chi connectivity index (χ1) is 6.26. The molecule has 0 aliphatic heterocycles. The zero-order chi connectivity index (χ0) is 9.68. The van der Waals surface area contributed by atoms with Crippen LogP contribution in [0.1, 0.15) is 5.56 Å². The van der Waals surface area contributed by atoms with Gasteiger partial charge in [0.05, 0.1) is 12.0 Å². The molecule has 1 unspecified atom stereocenters. The van der Waals surface area contributed by atoms with Crippen LogP contribution in [0.4, 0.5) is 0 Å². The molecule has 1 rings (SSSR count). The molecule has 1 aromatic carbocycles. The highest BCUT2D eigenvalue weighted by Gasteiger charge is 2.05. The van der Waals surface area contributed by atoms with Crippen molar-refractivity contribution in [3.63, 3.8) is 0 Å². The van der Waals surface area contributed by atoms with Gasteiger partial charge in [0, 0.05) is 11.6 Å². The predicted octanol–water partition coefficient (Wildman–Crippen LogP) is 1.98. The fourth-order valence-corrected chi connectivity index (χ4v) is 1.21. The van der Waals surface area contributed by atoms with Gasteiger partial charge in [-0.05, 0) is 24.1 Å². The molecule has 0 fully saturated rings. The summed E-state index contributed by atoms with van der Waals surface area (Å²) in [6.07, 6.45) is 0.699. The second-order valence-corrected chi connectivity index (χ2v) is 3.33. The van der Waals surface area contributed by atoms with Crippen molar-refractivity contribution in [2.45, 2.75) is 6.42 Å². The standard InChI is InChI=1S/C10H11ClN2/c11-10-3-1-8(2-4-10)5-9(6-12)7-13/h1-4,9H,5-6,12H2. The molecule has 0 heterocycles. The van der Waals surface area contributed by atoms with Crippen LogP contribution in [0.3, 0.4) is 0 Å². The summed E-state index contributed by atoms with van der Waals surface area (Å²) in [7, 11) is 0. The molecule has 2 N–H and O–H groups in total. The lowest BCUT2D eigenvalue weighted by Gasteiger charge is -2.05. The summed E-state index contributed by atoms with van der Waals surface area (Å²) in [5.41, 5.74) is 6.51. The molecule has 0 spiro atoms. The fourth-order valence-electron chi connectivity index (χ4n) is 1.09. The third-order valence-corrected chi connectivity index (χ3v) is 2.11. The van der Waals surface area contributed by atoms with Crippen molar-refractivity contribution < 1.29 is 0 Å². The van der Waals surface area contributed by atoms with Crippen molar-refractivity contribution in [1.82, 2.24) is 0 Å². The lowest BCUT2D eigenvalue weighted by molar-refractivity contribution is 0.673. The van der Waals surface area contributed by atoms with Crippen molar-refractivity contribution in [1.29, 1.82) is 5.26 Å². The quantitative estimate of drug-likeness (QED) is 0.800. The third-order valence-electron chi connectivity index (χ3n) is 1.86. The number of hydrogen-bond donors (Lipinski definition) is 1. The minimum atomic E-state index is -0.0961. The maximum Gasteiger partial charge on any atom is 0.0672 e. The minimum Gasteiger partial charge on any atom is -0.329 e. The van der Waals surface area contributed by atoms with E-state index in [-0.39, 0.29) is 5.92 Å². The molecule has 13 heavy (non-hydrogen) atoms. The lowest BCUT2D eigenvalue weighted by atomic mass is 10.0. The molecule has 3 heteroatoms. The Morgan fingerprint density at radius 1 is 1.38 bits per heavy atom. The van der Waals surface area contributed by atoms with E-state index in [1.54, 1.807) is 0 Å². The van der Waals surface area contributed by atoms with Gasteiger partial charge < -0.3 is 5.73 Å². The second kappa shape index (κ2) is 4.86. The molecule has 0 aliphatic carbocycles. The first kappa shape index (κ1) is 10.0. The monoisotopic (exact) mass is 194 g/mol. The largest absolute Gasteiger partial charge is 0.329 e. The summed E-state index contributed by atoms with van der Waals surface area (Å²) in [6.45, 7) is 0.402. The number of benzene rings is 1. The van der Waals surface area contributed by atoms with Crippen LogP contribution >= 0.6 is 11.6 Å². The summed E-state index contributed by atoms with van der Waals surface area (Å²) >= 11 is 5.73. The van der Waals surface area contributed by atoms with Crippen LogP contribution in [0, 0.1) is 17.2 Å². The van der Waals surface area contributed by atoms with E-state index in [9.17, 15) is 0 Å². The number of hydrogen-bond acceptors (Lipinski definition) is 2. The number of nitriles is 1. The Labute approximate surface area is 82.9 Å². The van der Waals surface area contributed by atoms with Crippen molar-refractivity contribution in [3.8, 4) is 6.07 Å². The van der Waals surface area contributed by atoms with Crippen molar-refractivity contribution in [3.05, 3.63) is 34.9 Å². The molecule has 2 nitrogen and oxygen atoms in total. The van der Waals surface area contributed by atoms with Gasteiger partial charge in [-0.25, -0.2) is 0 Å². The number of halogens is 1. The highest BCUT2D eigenvalue weighted by atomic mass is 35.5. The minimum absolute atomic E-state index is 0.0961. The van der Waals surface area contributed by atoms with Crippen LogP contribution in [-0.2, 0) is 6.42 Å². The van der Waals surface area contributed by atoms with Gasteiger partial charge >= 0.3 is 0 Å². The van der Waals surface area contributed by atoms with E-state index >= 15 is 0 Å². The van der Waals surface area contributed by atoms with Crippen LogP contribution in [0.15, 0.2) is 24.3 Å². The van der Waals surface area contributed by atoms with Crippen LogP contribution in [0.5, 0.6) is 0 Å². The van der Waals surface area contributed by atoms with Crippen molar-refractivity contribution in [2.24, 2.45) is 11.7 Å². The molecule has 0 radical (unpaired) electrons. The number of rotatable bonds is 3. The van der Waals surface area contributed by atoms with E-state index in [0.717, 1.165) is 5.56 Å². The van der Waals surface area contributed by atoms with Gasteiger partial charge in [0.1, 0.15) is 0 Å². The average Bonchev–Trinajstić information content (AvgIpc) is 2.17. The smallest absolute Gasteiger partial charge is 0.0672 e. The van der Waals surface area contributed by atoms with E-state index in [0.29, 0.717) is 18.0 Å². The van der Waals surface area contributed by atoms with E-state index < -0.39 is 0 Å². The summed E-state index contributed by atoms with van der Waals surface area (Å²) in [5.74, 6) is -0.0961. The number of nitrogens with zero attached hydrogens (tertiary/aromatic N) is 1. The van der Waals surface area contributed by atoms with Gasteiger partial charge in [0.25, 0.3) is 0 Å². The first-order valence-corrected chi connectivity index (χ1v) is 4.48. The van der Waals surface area contributed by atoms with Crippen LogP contribution in [0.2, 0.25) is 5.02 Å². The van der Waals surface area contributed by atoms with Gasteiger partial charge in [0.15, 0.2) is 0 Å². The van der Waals surface area contributed by atoms with Crippen LogP contribution in [0.25, 0.3) is 0 Å². The number of nitrogens with two attached hydrogens (primary N) is 1. The molecule has 1 aromatic rings. The Bertz CT molecular complexity index is 300. The summed E-state index contributed by atoms with van der Waals surface area (Å²) in [5, 5.41) is 9.40. The Morgan fingerprint density at radius 2 is 2.00 bits per heavy atom. The zero-order valence-electron chi connectivity index (χ0n) is 7.20. The Morgan fingerprint density at radius 3 is 2.46 bits per heavy atom. The van der Waals surface area contributed by atoms with E-state index in [1.165, 1.54) is 0 Å². The van der Waals surface area contributed by atoms with Gasteiger partial charge in [-0.2, -0.15) is 5.26 Å². The van der Waals surface area contributed by atoms with Gasteiger partial charge in [-0.3, -0.25) is 0 Å². The second-order valence-electron chi connectivity index (χ2n) is 2.89. The summed E-state index contributed by atoms with van der Waals surface area (Å²) in [6, 6.07) is 9.64. The Kier molecular flexibility index (Phi) is 3.75. The predicted molar refractivity (Wildman–Crippen MR) is 53.3 cm³/mol. The van der Waals surface area contributed by atoms with Crippen molar-refractivity contribution >= 4 is 11.6 Å². The molecule has 0 amide bonds. The van der Waals surface area contributed by atoms with E-state index in [1.807, 2.05) is 24.3 Å². The van der Waals surface area contributed by atoms with Crippen molar-refractivity contribution in [2.75, 3.05) is 6.54 Å². The summed E-state index contributed by atoms with van der Waals surface area (Å²) < 4.78 is 0. The molecule has 0 saturated heterocycles. The van der Waals surface area contributed by atoms with Crippen LogP contribution in [-0.4, -0.2) is 6.54 Å². The molecule has 1 atom stereocenters. The van der Waals surface area contributed by atoms with Crippen LogP contribution < -0.4 is 5.73 Å². The average molecular weight is 195 g/mol. The highest BCUT2D eigenvalue weighted by Crippen LogP contribution is 2.12. The molecule has 0 aromatic heterocycles. The molecule has 0 aliphatic rings. The molecule has 68 valence electrons. The van der Waals surface area contributed by atoms with Gasteiger partial charge in [0.2, 0.25) is 0 Å². The first-order valence-electron chi connectivity index (χ1n) is 4.10. The van der Waals surface area contributed by atoms with E-state index in [2.05, 4.69) is 6.07 Å². The van der Waals surface area contributed by atoms with E-state index in [4.69, 9.17) is 22.6 Å². The summed E-state index contributed by atoms with van der Waals surface area (Å²) in [4.78, 5) is 0. The van der Waals surface area contributed by atoms with Gasteiger partial charge in [-0.1, -0.05) is 23.7 Å². The van der Waals surface area contributed by atoms with Gasteiger partial charge in [-0.15, -0.1) is 0 Å². The Balaban J connectivity index is 2.64. The Hall–Kier alpha value is -1.04. The highest BCUT2D eigenvalue weighted by molar-refractivity contribution is 6.30. The maximum absolute atomic E-state index is 8.69. The topological polar surface area (TPSA) is 49.8 Å². The fraction of sp³-hybridized carbons (Fsp3) is 0.300. The lowest BCUT2D eigenvalue weighted by Crippen LogP contribution is -2.14. The molecular formula is C10H11ClN2. The zero-order valence-corrected chi connectivity index (χ0v) is 7.96. The SMILES string of the molecule is N#CC(CN)Cc1ccc(Cl)cc1. The normalized spacial score (nSPS) is 12.1. The maximum atomic E-state index is 8.69. The molecular weight excluding hydrogens is 184 g/mol. The molecule has 0 saturated carbocycles.